The van der Waals surface area contributed by atoms with Crippen molar-refractivity contribution in [2.45, 2.75) is 6.92 Å². The zero-order chi connectivity index (χ0) is 21.6. The van der Waals surface area contributed by atoms with Crippen LogP contribution in [0.2, 0.25) is 0 Å². The lowest BCUT2D eigenvalue weighted by Crippen LogP contribution is -2.13. The zero-order valence-corrected chi connectivity index (χ0v) is 17.1. The van der Waals surface area contributed by atoms with Crippen molar-refractivity contribution in [3.8, 4) is 17.5 Å². The van der Waals surface area contributed by atoms with E-state index in [4.69, 9.17) is 4.74 Å². The predicted octanol–water partition coefficient (Wildman–Crippen LogP) is 5.57. The fourth-order valence-electron chi connectivity index (χ4n) is 3.40. The normalized spacial score (nSPS) is 11.2. The number of benzene rings is 3. The van der Waals surface area contributed by atoms with Gasteiger partial charge in [0, 0.05) is 29.3 Å². The van der Waals surface area contributed by atoms with Gasteiger partial charge < -0.3 is 14.6 Å². The number of nitriles is 1. The number of nitrogens with one attached hydrogen (secondary N) is 1. The van der Waals surface area contributed by atoms with Gasteiger partial charge in [0.05, 0.1) is 6.61 Å². The number of hydrogen-bond donors (Lipinski definition) is 1. The van der Waals surface area contributed by atoms with E-state index in [0.29, 0.717) is 18.0 Å². The maximum absolute atomic E-state index is 12.7. The molecule has 0 spiro atoms. The minimum absolute atomic E-state index is 0.0163. The van der Waals surface area contributed by atoms with Crippen molar-refractivity contribution in [2.75, 3.05) is 11.9 Å². The average molecular weight is 407 g/mol. The van der Waals surface area contributed by atoms with Gasteiger partial charge in [-0.1, -0.05) is 36.4 Å². The Kier molecular flexibility index (Phi) is 5.82. The second-order valence-corrected chi connectivity index (χ2v) is 6.92. The highest BCUT2D eigenvalue weighted by atomic mass is 16.5. The Balaban J connectivity index is 1.61. The van der Waals surface area contributed by atoms with Crippen molar-refractivity contribution in [3.63, 3.8) is 0 Å². The molecule has 4 aromatic rings. The van der Waals surface area contributed by atoms with Gasteiger partial charge in [-0.2, -0.15) is 5.26 Å². The highest BCUT2D eigenvalue weighted by molar-refractivity contribution is 6.09. The van der Waals surface area contributed by atoms with E-state index in [1.54, 1.807) is 24.3 Å². The Hall–Kier alpha value is -4.30. The van der Waals surface area contributed by atoms with Gasteiger partial charge in [0.2, 0.25) is 0 Å². The molecule has 0 atom stereocenters. The van der Waals surface area contributed by atoms with Crippen LogP contribution < -0.4 is 10.1 Å². The van der Waals surface area contributed by atoms with Crippen LogP contribution in [0.5, 0.6) is 5.75 Å². The van der Waals surface area contributed by atoms with Crippen molar-refractivity contribution in [1.82, 2.24) is 4.57 Å². The second-order valence-electron chi connectivity index (χ2n) is 6.92. The van der Waals surface area contributed by atoms with Gasteiger partial charge in [0.1, 0.15) is 17.4 Å². The SMILES string of the molecule is CCOc1cccc(NC(=O)/C(C#N)=C\c2cccn2-c2ccc3ccccc3c2)c1. The van der Waals surface area contributed by atoms with Crippen LogP contribution in [0.1, 0.15) is 12.6 Å². The minimum atomic E-state index is -0.470. The first kappa shape index (κ1) is 20.0. The molecule has 0 bridgehead atoms. The third kappa shape index (κ3) is 4.49. The van der Waals surface area contributed by atoms with Crippen LogP contribution in [0.15, 0.2) is 90.6 Å². The van der Waals surface area contributed by atoms with Gasteiger partial charge in [-0.25, -0.2) is 0 Å². The second kappa shape index (κ2) is 9.02. The number of anilines is 1. The molecule has 0 radical (unpaired) electrons. The number of nitrogens with zero attached hydrogens (tertiary/aromatic N) is 2. The maximum atomic E-state index is 12.7. The molecule has 0 unspecified atom stereocenters. The van der Waals surface area contributed by atoms with Gasteiger partial charge in [-0.05, 0) is 60.2 Å². The molecule has 1 amide bonds. The number of carbonyl (C=O) groups is 1. The number of amides is 1. The molecular weight excluding hydrogens is 386 g/mol. The van der Waals surface area contributed by atoms with E-state index in [1.807, 2.05) is 60.2 Å². The summed E-state index contributed by atoms with van der Waals surface area (Å²) in [6, 6.07) is 27.2. The number of ether oxygens (including phenoxy) is 1. The van der Waals surface area contributed by atoms with Gasteiger partial charge >= 0.3 is 0 Å². The molecule has 1 heterocycles. The van der Waals surface area contributed by atoms with E-state index < -0.39 is 5.91 Å². The quantitative estimate of drug-likeness (QED) is 0.335. The standard InChI is InChI=1S/C26H21N3O2/c1-2-31-25-11-5-9-22(17-25)28-26(30)21(18-27)16-23-10-6-14-29(23)24-13-12-19-7-3-4-8-20(19)15-24/h3-17H,2H2,1H3,(H,28,30)/b21-16-. The highest BCUT2D eigenvalue weighted by Crippen LogP contribution is 2.22. The molecule has 0 saturated heterocycles. The van der Waals surface area contributed by atoms with E-state index in [1.165, 1.54) is 0 Å². The van der Waals surface area contributed by atoms with E-state index >= 15 is 0 Å². The van der Waals surface area contributed by atoms with Gasteiger partial charge in [0.25, 0.3) is 5.91 Å². The summed E-state index contributed by atoms with van der Waals surface area (Å²) in [6.45, 7) is 2.43. The van der Waals surface area contributed by atoms with Crippen LogP contribution in [0.25, 0.3) is 22.5 Å². The van der Waals surface area contributed by atoms with Crippen molar-refractivity contribution in [2.24, 2.45) is 0 Å². The predicted molar refractivity (Wildman–Crippen MR) is 123 cm³/mol. The van der Waals surface area contributed by atoms with Crippen LogP contribution in [0.3, 0.4) is 0 Å². The molecule has 1 N–H and O–H groups in total. The van der Waals surface area contributed by atoms with Crippen LogP contribution in [-0.4, -0.2) is 17.1 Å². The molecule has 3 aromatic carbocycles. The van der Waals surface area contributed by atoms with Crippen LogP contribution in [0, 0.1) is 11.3 Å². The molecule has 0 aliphatic heterocycles. The fourth-order valence-corrected chi connectivity index (χ4v) is 3.40. The summed E-state index contributed by atoms with van der Waals surface area (Å²) in [7, 11) is 0. The molecule has 4 rings (SSSR count). The number of aromatic nitrogens is 1. The molecule has 0 aliphatic rings. The van der Waals surface area contributed by atoms with Crippen LogP contribution in [0.4, 0.5) is 5.69 Å². The third-order valence-electron chi connectivity index (χ3n) is 4.85. The summed E-state index contributed by atoms with van der Waals surface area (Å²) in [5.74, 6) is 0.190. The largest absolute Gasteiger partial charge is 0.494 e. The Bertz CT molecular complexity index is 1310. The summed E-state index contributed by atoms with van der Waals surface area (Å²) in [4.78, 5) is 12.7. The number of hydrogen-bond acceptors (Lipinski definition) is 3. The molecule has 0 saturated carbocycles. The smallest absolute Gasteiger partial charge is 0.266 e. The zero-order valence-electron chi connectivity index (χ0n) is 17.1. The van der Waals surface area contributed by atoms with Crippen LogP contribution in [-0.2, 0) is 4.79 Å². The first-order chi connectivity index (χ1) is 15.2. The van der Waals surface area contributed by atoms with Crippen molar-refractivity contribution >= 4 is 28.4 Å². The van der Waals surface area contributed by atoms with Crippen LogP contribution >= 0.6 is 0 Å². The highest BCUT2D eigenvalue weighted by Gasteiger charge is 2.12. The molecule has 5 nitrogen and oxygen atoms in total. The van der Waals surface area contributed by atoms with Gasteiger partial charge in [-0.3, -0.25) is 4.79 Å². The summed E-state index contributed by atoms with van der Waals surface area (Å²) in [5.41, 5.74) is 2.28. The van der Waals surface area contributed by atoms with Gasteiger partial charge in [-0.15, -0.1) is 0 Å². The lowest BCUT2D eigenvalue weighted by atomic mass is 10.1. The van der Waals surface area contributed by atoms with Crippen molar-refractivity contribution in [1.29, 1.82) is 5.26 Å². The fraction of sp³-hybridized carbons (Fsp3) is 0.0769. The first-order valence-electron chi connectivity index (χ1n) is 10.0. The first-order valence-corrected chi connectivity index (χ1v) is 10.0. The minimum Gasteiger partial charge on any atom is -0.494 e. The third-order valence-corrected chi connectivity index (χ3v) is 4.85. The number of fused-ring (bicyclic) bond motifs is 1. The molecular formula is C26H21N3O2. The molecule has 5 heteroatoms. The number of carbonyl (C=O) groups excluding carboxylic acids is 1. The Morgan fingerprint density at radius 3 is 2.68 bits per heavy atom. The lowest BCUT2D eigenvalue weighted by Gasteiger charge is -2.10. The van der Waals surface area contributed by atoms with E-state index in [0.717, 1.165) is 22.2 Å². The van der Waals surface area contributed by atoms with E-state index in [2.05, 4.69) is 29.6 Å². The average Bonchev–Trinajstić information content (AvgIpc) is 3.26. The van der Waals surface area contributed by atoms with Crippen molar-refractivity contribution < 1.29 is 9.53 Å². The maximum Gasteiger partial charge on any atom is 0.266 e. The number of rotatable bonds is 6. The monoisotopic (exact) mass is 407 g/mol. The molecule has 0 aliphatic carbocycles. The Morgan fingerprint density at radius 1 is 1.03 bits per heavy atom. The van der Waals surface area contributed by atoms with E-state index in [-0.39, 0.29) is 5.57 Å². The van der Waals surface area contributed by atoms with Gasteiger partial charge in [0.15, 0.2) is 0 Å². The Morgan fingerprint density at radius 2 is 1.87 bits per heavy atom. The lowest BCUT2D eigenvalue weighted by molar-refractivity contribution is -0.112. The topological polar surface area (TPSA) is 67.0 Å². The molecule has 152 valence electrons. The summed E-state index contributed by atoms with van der Waals surface area (Å²) in [5, 5.41) is 14.6. The summed E-state index contributed by atoms with van der Waals surface area (Å²) < 4.78 is 7.41. The molecule has 31 heavy (non-hydrogen) atoms. The molecule has 1 aromatic heterocycles. The molecule has 0 fully saturated rings. The summed E-state index contributed by atoms with van der Waals surface area (Å²) >= 11 is 0. The summed E-state index contributed by atoms with van der Waals surface area (Å²) in [6.07, 6.45) is 3.51. The Labute approximate surface area is 180 Å². The van der Waals surface area contributed by atoms with E-state index in [9.17, 15) is 10.1 Å². The van der Waals surface area contributed by atoms with Crippen molar-refractivity contribution in [3.05, 3.63) is 96.3 Å².